The third kappa shape index (κ3) is 2.13. The zero-order chi connectivity index (χ0) is 11.8. The predicted octanol–water partition coefficient (Wildman–Crippen LogP) is 5.16. The van der Waals surface area contributed by atoms with Crippen LogP contribution in [0, 0.1) is 19.3 Å². The molecule has 1 aromatic carbocycles. The number of aryl methyl sites for hydroxylation is 2. The molecule has 0 N–H and O–H groups in total. The van der Waals surface area contributed by atoms with Gasteiger partial charge in [0.05, 0.1) is 5.38 Å². The van der Waals surface area contributed by atoms with Crippen LogP contribution in [0.15, 0.2) is 18.2 Å². The Labute approximate surface area is 104 Å². The van der Waals surface area contributed by atoms with Gasteiger partial charge in [-0.1, -0.05) is 38.0 Å². The quantitative estimate of drug-likeness (QED) is 0.622. The van der Waals surface area contributed by atoms with Crippen molar-refractivity contribution in [1.29, 1.82) is 0 Å². The topological polar surface area (TPSA) is 0 Å². The highest BCUT2D eigenvalue weighted by molar-refractivity contribution is 6.21. The minimum absolute atomic E-state index is 0.175. The van der Waals surface area contributed by atoms with Gasteiger partial charge >= 0.3 is 0 Å². The number of hydrogen-bond donors (Lipinski definition) is 0. The monoisotopic (exact) mass is 236 g/mol. The minimum Gasteiger partial charge on any atom is -0.117 e. The molecule has 16 heavy (non-hydrogen) atoms. The second kappa shape index (κ2) is 4.41. The summed E-state index contributed by atoms with van der Waals surface area (Å²) in [5.41, 5.74) is 4.31. The Bertz CT molecular complexity index is 375. The second-order valence-corrected chi connectivity index (χ2v) is 6.00. The van der Waals surface area contributed by atoms with E-state index in [1.165, 1.54) is 42.4 Å². The number of alkyl halides is 1. The number of hydrogen-bond acceptors (Lipinski definition) is 0. The summed E-state index contributed by atoms with van der Waals surface area (Å²) in [7, 11) is 0. The summed E-state index contributed by atoms with van der Waals surface area (Å²) in [6.07, 6.45) is 5.22. The maximum Gasteiger partial charge on any atom is 0.0638 e. The van der Waals surface area contributed by atoms with Gasteiger partial charge in [-0.15, -0.1) is 11.6 Å². The summed E-state index contributed by atoms with van der Waals surface area (Å²) in [4.78, 5) is 0. The van der Waals surface area contributed by atoms with Crippen molar-refractivity contribution in [2.24, 2.45) is 5.41 Å². The van der Waals surface area contributed by atoms with Crippen LogP contribution in [0.2, 0.25) is 0 Å². The largest absolute Gasteiger partial charge is 0.117 e. The molecule has 0 bridgehead atoms. The molecule has 1 aliphatic carbocycles. The summed E-state index contributed by atoms with van der Waals surface area (Å²) in [5.74, 6) is 0. The molecular weight excluding hydrogens is 216 g/mol. The SMILES string of the molecule is Cc1ccc(C(Cl)C2(C)CCCC2)cc1C. The number of halogens is 1. The third-order valence-electron chi connectivity index (χ3n) is 4.18. The van der Waals surface area contributed by atoms with Crippen molar-refractivity contribution in [1.82, 2.24) is 0 Å². The lowest BCUT2D eigenvalue weighted by Gasteiger charge is -2.30. The fraction of sp³-hybridized carbons (Fsp3) is 0.600. The van der Waals surface area contributed by atoms with Crippen LogP contribution in [0.1, 0.15) is 54.7 Å². The van der Waals surface area contributed by atoms with Crippen LogP contribution in [-0.2, 0) is 0 Å². The van der Waals surface area contributed by atoms with Crippen molar-refractivity contribution in [3.63, 3.8) is 0 Å². The van der Waals surface area contributed by atoms with Gasteiger partial charge in [-0.3, -0.25) is 0 Å². The minimum atomic E-state index is 0.175. The van der Waals surface area contributed by atoms with Gasteiger partial charge in [-0.25, -0.2) is 0 Å². The molecule has 1 atom stereocenters. The molecule has 1 unspecified atom stereocenters. The zero-order valence-corrected chi connectivity index (χ0v) is 11.3. The Morgan fingerprint density at radius 2 is 1.75 bits per heavy atom. The molecule has 1 heteroatoms. The number of benzene rings is 1. The molecule has 0 heterocycles. The fourth-order valence-corrected chi connectivity index (χ4v) is 3.11. The van der Waals surface area contributed by atoms with Gasteiger partial charge in [0.15, 0.2) is 0 Å². The van der Waals surface area contributed by atoms with Gasteiger partial charge in [-0.05, 0) is 48.8 Å². The van der Waals surface area contributed by atoms with Gasteiger partial charge in [0.2, 0.25) is 0 Å². The van der Waals surface area contributed by atoms with Crippen molar-refractivity contribution in [3.8, 4) is 0 Å². The Morgan fingerprint density at radius 1 is 1.12 bits per heavy atom. The van der Waals surface area contributed by atoms with Crippen LogP contribution in [0.25, 0.3) is 0 Å². The van der Waals surface area contributed by atoms with Gasteiger partial charge in [-0.2, -0.15) is 0 Å². The first-order valence-electron chi connectivity index (χ1n) is 6.24. The van der Waals surface area contributed by atoms with Gasteiger partial charge < -0.3 is 0 Å². The molecule has 0 amide bonds. The Hall–Kier alpha value is -0.490. The van der Waals surface area contributed by atoms with E-state index >= 15 is 0 Å². The van der Waals surface area contributed by atoms with E-state index in [0.29, 0.717) is 5.41 Å². The highest BCUT2D eigenvalue weighted by atomic mass is 35.5. The fourth-order valence-electron chi connectivity index (χ4n) is 2.76. The lowest BCUT2D eigenvalue weighted by atomic mass is 9.81. The standard InChI is InChI=1S/C15H21Cl/c1-11-6-7-13(10-12(11)2)14(16)15(3)8-4-5-9-15/h6-7,10,14H,4-5,8-9H2,1-3H3. The van der Waals surface area contributed by atoms with Crippen LogP contribution in [0.3, 0.4) is 0 Å². The summed E-state index contributed by atoms with van der Waals surface area (Å²) in [6, 6.07) is 6.65. The maximum atomic E-state index is 6.68. The van der Waals surface area contributed by atoms with Crippen LogP contribution in [0.4, 0.5) is 0 Å². The van der Waals surface area contributed by atoms with Crippen molar-refractivity contribution < 1.29 is 0 Å². The van der Waals surface area contributed by atoms with Crippen LogP contribution in [0.5, 0.6) is 0 Å². The molecule has 1 fully saturated rings. The molecule has 0 radical (unpaired) electrons. The molecule has 0 aliphatic heterocycles. The Balaban J connectivity index is 2.26. The molecule has 88 valence electrons. The van der Waals surface area contributed by atoms with Crippen molar-refractivity contribution in [2.75, 3.05) is 0 Å². The van der Waals surface area contributed by atoms with Crippen molar-refractivity contribution in [3.05, 3.63) is 34.9 Å². The normalized spacial score (nSPS) is 21.0. The maximum absolute atomic E-state index is 6.68. The highest BCUT2D eigenvalue weighted by Crippen LogP contribution is 2.50. The van der Waals surface area contributed by atoms with E-state index < -0.39 is 0 Å². The van der Waals surface area contributed by atoms with E-state index in [1.807, 2.05) is 0 Å². The molecule has 1 saturated carbocycles. The summed E-state index contributed by atoms with van der Waals surface area (Å²) < 4.78 is 0. The Morgan fingerprint density at radius 3 is 2.31 bits per heavy atom. The zero-order valence-electron chi connectivity index (χ0n) is 10.5. The van der Waals surface area contributed by atoms with E-state index in [-0.39, 0.29) is 5.38 Å². The van der Waals surface area contributed by atoms with Crippen LogP contribution in [-0.4, -0.2) is 0 Å². The first-order valence-corrected chi connectivity index (χ1v) is 6.68. The van der Waals surface area contributed by atoms with E-state index in [1.54, 1.807) is 0 Å². The van der Waals surface area contributed by atoms with Gasteiger partial charge in [0.25, 0.3) is 0 Å². The predicted molar refractivity (Wildman–Crippen MR) is 71.1 cm³/mol. The molecule has 0 aromatic heterocycles. The van der Waals surface area contributed by atoms with E-state index in [4.69, 9.17) is 11.6 Å². The lowest BCUT2D eigenvalue weighted by molar-refractivity contribution is 0.322. The average molecular weight is 237 g/mol. The second-order valence-electron chi connectivity index (χ2n) is 5.57. The van der Waals surface area contributed by atoms with E-state index in [9.17, 15) is 0 Å². The third-order valence-corrected chi connectivity index (χ3v) is 4.96. The van der Waals surface area contributed by atoms with Crippen molar-refractivity contribution >= 4 is 11.6 Å². The molecule has 2 rings (SSSR count). The molecule has 0 spiro atoms. The Kier molecular flexibility index (Phi) is 3.30. The van der Waals surface area contributed by atoms with Crippen LogP contribution >= 0.6 is 11.6 Å². The van der Waals surface area contributed by atoms with Gasteiger partial charge in [0, 0.05) is 0 Å². The molecule has 1 aromatic rings. The van der Waals surface area contributed by atoms with Gasteiger partial charge in [0.1, 0.15) is 0 Å². The van der Waals surface area contributed by atoms with E-state index in [0.717, 1.165) is 0 Å². The van der Waals surface area contributed by atoms with Crippen LogP contribution < -0.4 is 0 Å². The first-order chi connectivity index (χ1) is 7.53. The van der Waals surface area contributed by atoms with Crippen molar-refractivity contribution in [2.45, 2.75) is 51.8 Å². The molecule has 0 saturated heterocycles. The smallest absolute Gasteiger partial charge is 0.0638 e. The highest BCUT2D eigenvalue weighted by Gasteiger charge is 2.36. The number of rotatable bonds is 2. The summed E-state index contributed by atoms with van der Waals surface area (Å²) in [6.45, 7) is 6.66. The van der Waals surface area contributed by atoms with E-state index in [2.05, 4.69) is 39.0 Å². The summed E-state index contributed by atoms with van der Waals surface area (Å²) in [5, 5.41) is 0.175. The molecule has 1 aliphatic rings. The molecule has 0 nitrogen and oxygen atoms in total. The first kappa shape index (κ1) is 12.0. The summed E-state index contributed by atoms with van der Waals surface area (Å²) >= 11 is 6.68. The molecular formula is C15H21Cl. The average Bonchev–Trinajstić information content (AvgIpc) is 2.70. The lowest BCUT2D eigenvalue weighted by Crippen LogP contribution is -2.18.